The van der Waals surface area contributed by atoms with Gasteiger partial charge in [0.1, 0.15) is 4.88 Å². The zero-order chi connectivity index (χ0) is 14.1. The van der Waals surface area contributed by atoms with E-state index < -0.39 is 0 Å². The Kier molecular flexibility index (Phi) is 3.47. The van der Waals surface area contributed by atoms with E-state index in [-0.39, 0.29) is 17.9 Å². The lowest BCUT2D eigenvalue weighted by molar-refractivity contribution is 0.0733. The molecular formula is C12H15N5O2S. The molecule has 1 aliphatic rings. The second-order valence-corrected chi connectivity index (χ2v) is 5.87. The summed E-state index contributed by atoms with van der Waals surface area (Å²) >= 11 is 1.11. The predicted molar refractivity (Wildman–Crippen MR) is 71.3 cm³/mol. The first-order chi connectivity index (χ1) is 9.66. The van der Waals surface area contributed by atoms with Crippen LogP contribution >= 0.6 is 11.5 Å². The molecule has 1 atom stereocenters. The molecule has 2 aromatic rings. The molecule has 7 nitrogen and oxygen atoms in total. The lowest BCUT2D eigenvalue weighted by atomic mass is 10.2. The van der Waals surface area contributed by atoms with Gasteiger partial charge in [-0.1, -0.05) is 23.5 Å². The molecule has 0 spiro atoms. The van der Waals surface area contributed by atoms with E-state index in [0.29, 0.717) is 23.1 Å². The summed E-state index contributed by atoms with van der Waals surface area (Å²) in [4.78, 5) is 19.1. The smallest absolute Gasteiger partial charge is 0.267 e. The molecule has 2 aromatic heterocycles. The van der Waals surface area contributed by atoms with Crippen LogP contribution in [-0.4, -0.2) is 37.1 Å². The molecule has 8 heteroatoms. The van der Waals surface area contributed by atoms with Gasteiger partial charge in [0.25, 0.3) is 5.91 Å². The predicted octanol–water partition coefficient (Wildman–Crippen LogP) is 2.02. The number of hydrogen-bond donors (Lipinski definition) is 0. The van der Waals surface area contributed by atoms with E-state index >= 15 is 0 Å². The van der Waals surface area contributed by atoms with E-state index in [9.17, 15) is 4.79 Å². The van der Waals surface area contributed by atoms with Gasteiger partial charge in [0.2, 0.25) is 5.89 Å². The van der Waals surface area contributed by atoms with Crippen LogP contribution < -0.4 is 0 Å². The van der Waals surface area contributed by atoms with Gasteiger partial charge < -0.3 is 9.42 Å². The third-order valence-corrected chi connectivity index (χ3v) is 3.99. The van der Waals surface area contributed by atoms with Gasteiger partial charge in [-0.2, -0.15) is 4.98 Å². The molecule has 1 saturated heterocycles. The quantitative estimate of drug-likeness (QED) is 0.860. The molecule has 20 heavy (non-hydrogen) atoms. The van der Waals surface area contributed by atoms with Crippen molar-refractivity contribution in [1.82, 2.24) is 24.6 Å². The number of rotatable bonds is 3. The van der Waals surface area contributed by atoms with Crippen LogP contribution in [-0.2, 0) is 0 Å². The first kappa shape index (κ1) is 13.2. The third-order valence-electron chi connectivity index (χ3n) is 3.34. The molecule has 3 heterocycles. The van der Waals surface area contributed by atoms with E-state index in [0.717, 1.165) is 24.4 Å². The minimum absolute atomic E-state index is 0.0570. The molecular weight excluding hydrogens is 278 g/mol. The van der Waals surface area contributed by atoms with E-state index in [1.807, 2.05) is 13.8 Å². The highest BCUT2D eigenvalue weighted by Crippen LogP contribution is 2.32. The maximum Gasteiger partial charge on any atom is 0.267 e. The summed E-state index contributed by atoms with van der Waals surface area (Å²) in [6.45, 7) is 4.70. The molecule has 1 amide bonds. The minimum atomic E-state index is -0.110. The number of carbonyl (C=O) groups is 1. The van der Waals surface area contributed by atoms with Gasteiger partial charge in [-0.3, -0.25) is 4.79 Å². The van der Waals surface area contributed by atoms with E-state index in [2.05, 4.69) is 19.7 Å². The van der Waals surface area contributed by atoms with E-state index in [1.54, 1.807) is 4.90 Å². The Bertz CT molecular complexity index is 595. The summed E-state index contributed by atoms with van der Waals surface area (Å²) in [5.74, 6) is 1.33. The lowest BCUT2D eigenvalue weighted by Gasteiger charge is -2.20. The molecule has 0 radical (unpaired) electrons. The van der Waals surface area contributed by atoms with E-state index in [1.165, 1.54) is 6.20 Å². The van der Waals surface area contributed by atoms with Crippen molar-refractivity contribution in [2.45, 2.75) is 38.6 Å². The summed E-state index contributed by atoms with van der Waals surface area (Å²) in [6, 6.07) is -0.110. The van der Waals surface area contributed by atoms with Crippen LogP contribution in [0.1, 0.15) is 60.0 Å². The Labute approximate surface area is 120 Å². The fourth-order valence-electron chi connectivity index (χ4n) is 2.30. The van der Waals surface area contributed by atoms with Crippen LogP contribution in [0.3, 0.4) is 0 Å². The zero-order valence-corrected chi connectivity index (χ0v) is 12.1. The van der Waals surface area contributed by atoms with Crippen molar-refractivity contribution in [3.05, 3.63) is 22.8 Å². The van der Waals surface area contributed by atoms with Crippen molar-refractivity contribution in [3.63, 3.8) is 0 Å². The van der Waals surface area contributed by atoms with Crippen LogP contribution in [0.5, 0.6) is 0 Å². The number of amides is 1. The van der Waals surface area contributed by atoms with Gasteiger partial charge >= 0.3 is 0 Å². The molecule has 106 valence electrons. The zero-order valence-electron chi connectivity index (χ0n) is 11.3. The maximum absolute atomic E-state index is 12.4. The summed E-state index contributed by atoms with van der Waals surface area (Å²) < 4.78 is 8.97. The number of likely N-dealkylation sites (tertiary alicyclic amines) is 1. The molecule has 0 saturated carbocycles. The Morgan fingerprint density at radius 2 is 2.40 bits per heavy atom. The Balaban J connectivity index is 1.83. The lowest BCUT2D eigenvalue weighted by Crippen LogP contribution is -2.30. The summed E-state index contributed by atoms with van der Waals surface area (Å²) in [5.41, 5.74) is 0. The molecule has 0 aliphatic carbocycles. The molecule has 0 bridgehead atoms. The molecule has 1 aliphatic heterocycles. The average molecular weight is 293 g/mol. The first-order valence-electron chi connectivity index (χ1n) is 6.58. The van der Waals surface area contributed by atoms with Gasteiger partial charge in [0.15, 0.2) is 5.82 Å². The van der Waals surface area contributed by atoms with Gasteiger partial charge in [-0.25, -0.2) is 0 Å². The van der Waals surface area contributed by atoms with Gasteiger partial charge in [0.05, 0.1) is 12.2 Å². The highest BCUT2D eigenvalue weighted by molar-refractivity contribution is 7.07. The molecule has 0 N–H and O–H groups in total. The first-order valence-corrected chi connectivity index (χ1v) is 7.36. The number of carbonyl (C=O) groups excluding carboxylic acids is 1. The molecule has 1 fully saturated rings. The number of aromatic nitrogens is 4. The van der Waals surface area contributed by atoms with Crippen molar-refractivity contribution in [1.29, 1.82) is 0 Å². The second kappa shape index (κ2) is 5.28. The normalized spacial score (nSPS) is 18.9. The average Bonchev–Trinajstić information content (AvgIpc) is 3.17. The summed E-state index contributed by atoms with van der Waals surface area (Å²) in [6.07, 6.45) is 3.29. The van der Waals surface area contributed by atoms with Gasteiger partial charge in [0, 0.05) is 12.5 Å². The maximum atomic E-state index is 12.4. The monoisotopic (exact) mass is 293 g/mol. The second-order valence-electron chi connectivity index (χ2n) is 5.08. The van der Waals surface area contributed by atoms with Crippen LogP contribution in [0.25, 0.3) is 0 Å². The van der Waals surface area contributed by atoms with Crippen molar-refractivity contribution < 1.29 is 9.32 Å². The largest absolute Gasteiger partial charge is 0.339 e. The van der Waals surface area contributed by atoms with Crippen LogP contribution in [0.2, 0.25) is 0 Å². The third kappa shape index (κ3) is 2.31. The Hall–Kier alpha value is -1.83. The fraction of sp³-hybridized carbons (Fsp3) is 0.583. The number of nitrogens with zero attached hydrogens (tertiary/aromatic N) is 5. The molecule has 0 aromatic carbocycles. The summed E-state index contributed by atoms with van der Waals surface area (Å²) in [5, 5.41) is 7.74. The van der Waals surface area contributed by atoms with Crippen molar-refractivity contribution in [3.8, 4) is 0 Å². The standard InChI is InChI=1S/C12H15N5O2S/c1-7(2)11-14-10(15-19-11)8-4-3-5-17(8)12(18)9-6-13-16-20-9/h6-8H,3-5H2,1-2H3/t8-/m0/s1. The highest BCUT2D eigenvalue weighted by atomic mass is 32.1. The molecule has 3 rings (SSSR count). The highest BCUT2D eigenvalue weighted by Gasteiger charge is 2.34. The Morgan fingerprint density at radius 3 is 3.05 bits per heavy atom. The fourth-order valence-corrected chi connectivity index (χ4v) is 2.77. The van der Waals surface area contributed by atoms with Crippen molar-refractivity contribution in [2.75, 3.05) is 6.54 Å². The topological polar surface area (TPSA) is 85.0 Å². The van der Waals surface area contributed by atoms with Crippen LogP contribution in [0, 0.1) is 0 Å². The van der Waals surface area contributed by atoms with Crippen LogP contribution in [0.15, 0.2) is 10.7 Å². The Morgan fingerprint density at radius 1 is 1.55 bits per heavy atom. The number of hydrogen-bond acceptors (Lipinski definition) is 7. The van der Waals surface area contributed by atoms with Crippen molar-refractivity contribution in [2.24, 2.45) is 0 Å². The van der Waals surface area contributed by atoms with Gasteiger partial charge in [-0.05, 0) is 24.4 Å². The van der Waals surface area contributed by atoms with Crippen LogP contribution in [0.4, 0.5) is 0 Å². The SMILES string of the molecule is CC(C)c1nc([C@@H]2CCCN2C(=O)c2cnns2)no1. The minimum Gasteiger partial charge on any atom is -0.339 e. The van der Waals surface area contributed by atoms with E-state index in [4.69, 9.17) is 4.52 Å². The summed E-state index contributed by atoms with van der Waals surface area (Å²) in [7, 11) is 0. The van der Waals surface area contributed by atoms with Gasteiger partial charge in [-0.15, -0.1) is 5.10 Å². The molecule has 0 unspecified atom stereocenters. The van der Waals surface area contributed by atoms with Crippen molar-refractivity contribution >= 4 is 17.4 Å².